The Morgan fingerprint density at radius 2 is 1.90 bits per heavy atom. The number of rotatable bonds is 7. The van der Waals surface area contributed by atoms with Crippen molar-refractivity contribution < 1.29 is 17.9 Å². The Morgan fingerprint density at radius 3 is 2.57 bits per heavy atom. The van der Waals surface area contributed by atoms with Crippen molar-refractivity contribution in [1.29, 1.82) is 0 Å². The molecule has 0 saturated carbocycles. The van der Waals surface area contributed by atoms with Crippen molar-refractivity contribution in [2.45, 2.75) is 30.6 Å². The summed E-state index contributed by atoms with van der Waals surface area (Å²) < 4.78 is 37.9. The van der Waals surface area contributed by atoms with Gasteiger partial charge in [0.25, 0.3) is 0 Å². The standard InChI is InChI=1S/C15H23NO4S/c1-19-10-13(11-20-2)21(17,18)16-15-9-5-7-12-6-3-4-8-14(12)15/h3-4,6,8,13,15-16H,5,7,9-11H2,1-2H3. The van der Waals surface area contributed by atoms with Crippen molar-refractivity contribution in [1.82, 2.24) is 4.72 Å². The molecule has 1 N–H and O–H groups in total. The quantitative estimate of drug-likeness (QED) is 0.831. The molecule has 0 aromatic heterocycles. The lowest BCUT2D eigenvalue weighted by atomic mass is 9.88. The van der Waals surface area contributed by atoms with E-state index in [2.05, 4.69) is 10.8 Å². The number of nitrogens with one attached hydrogen (secondary N) is 1. The van der Waals surface area contributed by atoms with Crippen LogP contribution in [0.1, 0.15) is 30.0 Å². The predicted octanol–water partition coefficient (Wildman–Crippen LogP) is 1.64. The van der Waals surface area contributed by atoms with Crippen molar-refractivity contribution in [3.05, 3.63) is 35.4 Å². The van der Waals surface area contributed by atoms with Gasteiger partial charge < -0.3 is 9.47 Å². The van der Waals surface area contributed by atoms with Gasteiger partial charge in [-0.2, -0.15) is 0 Å². The molecular formula is C15H23NO4S. The maximum Gasteiger partial charge on any atom is 0.219 e. The SMILES string of the molecule is COCC(COC)S(=O)(=O)NC1CCCc2ccccc21. The summed E-state index contributed by atoms with van der Waals surface area (Å²) in [6, 6.07) is 7.86. The van der Waals surface area contributed by atoms with Crippen LogP contribution in [0.15, 0.2) is 24.3 Å². The summed E-state index contributed by atoms with van der Waals surface area (Å²) in [6.45, 7) is 0.245. The van der Waals surface area contributed by atoms with Crippen LogP contribution in [0.4, 0.5) is 0 Å². The Kier molecular flexibility index (Phi) is 5.75. The molecule has 1 aliphatic carbocycles. The molecule has 0 amide bonds. The molecule has 0 bridgehead atoms. The van der Waals surface area contributed by atoms with E-state index in [-0.39, 0.29) is 19.3 Å². The average Bonchev–Trinajstić information content (AvgIpc) is 2.47. The van der Waals surface area contributed by atoms with Crippen LogP contribution >= 0.6 is 0 Å². The molecule has 2 rings (SSSR count). The van der Waals surface area contributed by atoms with Gasteiger partial charge in [0.05, 0.1) is 13.2 Å². The van der Waals surface area contributed by atoms with Crippen LogP contribution < -0.4 is 4.72 Å². The third-order valence-corrected chi connectivity index (χ3v) is 5.58. The topological polar surface area (TPSA) is 64.6 Å². The summed E-state index contributed by atoms with van der Waals surface area (Å²) in [4.78, 5) is 0. The Bertz CT molecular complexity index is 553. The van der Waals surface area contributed by atoms with Gasteiger partial charge in [-0.05, 0) is 30.4 Å². The fourth-order valence-electron chi connectivity index (χ4n) is 2.77. The van der Waals surface area contributed by atoms with Crippen LogP contribution in [0.3, 0.4) is 0 Å². The molecule has 1 aromatic carbocycles. The number of sulfonamides is 1. The average molecular weight is 313 g/mol. The van der Waals surface area contributed by atoms with Gasteiger partial charge in [0, 0.05) is 20.3 Å². The van der Waals surface area contributed by atoms with Crippen LogP contribution in [0.25, 0.3) is 0 Å². The summed E-state index contributed by atoms with van der Waals surface area (Å²) in [5.41, 5.74) is 2.31. The highest BCUT2D eigenvalue weighted by atomic mass is 32.2. The molecule has 1 atom stereocenters. The fraction of sp³-hybridized carbons (Fsp3) is 0.600. The van der Waals surface area contributed by atoms with E-state index in [0.717, 1.165) is 24.8 Å². The molecule has 6 heteroatoms. The Labute approximate surface area is 126 Å². The number of aryl methyl sites for hydroxylation is 1. The first-order valence-electron chi connectivity index (χ1n) is 7.15. The maximum atomic E-state index is 12.5. The van der Waals surface area contributed by atoms with E-state index >= 15 is 0 Å². The first kappa shape index (κ1) is 16.4. The van der Waals surface area contributed by atoms with Crippen molar-refractivity contribution in [2.24, 2.45) is 0 Å². The van der Waals surface area contributed by atoms with E-state index < -0.39 is 15.3 Å². The first-order chi connectivity index (χ1) is 10.1. The Hall–Kier alpha value is -0.950. The third kappa shape index (κ3) is 4.03. The van der Waals surface area contributed by atoms with Crippen molar-refractivity contribution in [3.8, 4) is 0 Å². The number of hydrogen-bond donors (Lipinski definition) is 1. The van der Waals surface area contributed by atoms with Gasteiger partial charge in [-0.1, -0.05) is 24.3 Å². The van der Waals surface area contributed by atoms with Gasteiger partial charge in [-0.15, -0.1) is 0 Å². The molecule has 0 fully saturated rings. The minimum absolute atomic E-state index is 0.123. The zero-order chi connectivity index (χ0) is 15.3. The van der Waals surface area contributed by atoms with Gasteiger partial charge in [0.1, 0.15) is 5.25 Å². The van der Waals surface area contributed by atoms with Gasteiger partial charge >= 0.3 is 0 Å². The first-order valence-corrected chi connectivity index (χ1v) is 8.70. The van der Waals surface area contributed by atoms with Gasteiger partial charge in [-0.25, -0.2) is 13.1 Å². The summed E-state index contributed by atoms with van der Waals surface area (Å²) in [5.74, 6) is 0. The molecule has 1 aliphatic rings. The number of fused-ring (bicyclic) bond motifs is 1. The van der Waals surface area contributed by atoms with Crippen molar-refractivity contribution >= 4 is 10.0 Å². The number of ether oxygens (including phenoxy) is 2. The lowest BCUT2D eigenvalue weighted by Crippen LogP contribution is -2.42. The van der Waals surface area contributed by atoms with Crippen LogP contribution in [-0.2, 0) is 25.9 Å². The fourth-order valence-corrected chi connectivity index (χ4v) is 4.23. The molecule has 5 nitrogen and oxygen atoms in total. The Morgan fingerprint density at radius 1 is 1.24 bits per heavy atom. The second kappa shape index (κ2) is 7.35. The lowest BCUT2D eigenvalue weighted by molar-refractivity contribution is 0.140. The molecule has 0 saturated heterocycles. The van der Waals surface area contributed by atoms with Crippen LogP contribution in [0.2, 0.25) is 0 Å². The van der Waals surface area contributed by atoms with Gasteiger partial charge in [-0.3, -0.25) is 0 Å². The monoisotopic (exact) mass is 313 g/mol. The van der Waals surface area contributed by atoms with Crippen molar-refractivity contribution in [2.75, 3.05) is 27.4 Å². The number of hydrogen-bond acceptors (Lipinski definition) is 4. The minimum Gasteiger partial charge on any atom is -0.383 e. The van der Waals surface area contributed by atoms with E-state index in [1.807, 2.05) is 18.2 Å². The molecule has 0 aliphatic heterocycles. The van der Waals surface area contributed by atoms with Crippen LogP contribution in [-0.4, -0.2) is 41.1 Å². The molecule has 118 valence electrons. The molecule has 0 radical (unpaired) electrons. The molecule has 1 aromatic rings. The second-order valence-corrected chi connectivity index (χ2v) is 7.33. The zero-order valence-electron chi connectivity index (χ0n) is 12.5. The van der Waals surface area contributed by atoms with E-state index in [1.165, 1.54) is 19.8 Å². The van der Waals surface area contributed by atoms with E-state index in [1.54, 1.807) is 0 Å². The predicted molar refractivity (Wildman–Crippen MR) is 81.7 cm³/mol. The lowest BCUT2D eigenvalue weighted by Gasteiger charge is -2.28. The molecule has 0 spiro atoms. The second-order valence-electron chi connectivity index (χ2n) is 5.34. The highest BCUT2D eigenvalue weighted by molar-refractivity contribution is 7.90. The van der Waals surface area contributed by atoms with Gasteiger partial charge in [0.2, 0.25) is 10.0 Å². The smallest absolute Gasteiger partial charge is 0.219 e. The zero-order valence-corrected chi connectivity index (χ0v) is 13.4. The summed E-state index contributed by atoms with van der Waals surface area (Å²) >= 11 is 0. The molecular weight excluding hydrogens is 290 g/mol. The van der Waals surface area contributed by atoms with Crippen LogP contribution in [0.5, 0.6) is 0 Å². The normalized spacial score (nSPS) is 18.7. The number of benzene rings is 1. The number of methoxy groups -OCH3 is 2. The summed E-state index contributed by atoms with van der Waals surface area (Å²) in [6.07, 6.45) is 2.82. The van der Waals surface area contributed by atoms with E-state index in [4.69, 9.17) is 9.47 Å². The minimum atomic E-state index is -3.49. The van der Waals surface area contributed by atoms with Crippen LogP contribution in [0, 0.1) is 0 Å². The van der Waals surface area contributed by atoms with Gasteiger partial charge in [0.15, 0.2) is 0 Å². The maximum absolute atomic E-state index is 12.5. The summed E-state index contributed by atoms with van der Waals surface area (Å²) in [7, 11) is -0.501. The third-order valence-electron chi connectivity index (χ3n) is 3.82. The molecule has 21 heavy (non-hydrogen) atoms. The van der Waals surface area contributed by atoms with E-state index in [0.29, 0.717) is 0 Å². The summed E-state index contributed by atoms with van der Waals surface area (Å²) in [5, 5.41) is -0.693. The highest BCUT2D eigenvalue weighted by Gasteiger charge is 2.30. The molecule has 0 heterocycles. The highest BCUT2D eigenvalue weighted by Crippen LogP contribution is 2.30. The van der Waals surface area contributed by atoms with Crippen molar-refractivity contribution in [3.63, 3.8) is 0 Å². The Balaban J connectivity index is 2.17. The van der Waals surface area contributed by atoms with E-state index in [9.17, 15) is 8.42 Å². The largest absolute Gasteiger partial charge is 0.383 e. The molecule has 1 unspecified atom stereocenters.